The summed E-state index contributed by atoms with van der Waals surface area (Å²) < 4.78 is 10.00. The van der Waals surface area contributed by atoms with Gasteiger partial charge in [0.2, 0.25) is 0 Å². The Labute approximate surface area is 202 Å². The van der Waals surface area contributed by atoms with Gasteiger partial charge in [-0.15, -0.1) is 0 Å². The molecule has 9 heteroatoms. The van der Waals surface area contributed by atoms with Crippen LogP contribution in [0.15, 0.2) is 63.8 Å². The average Bonchev–Trinajstić information content (AvgIpc) is 3.23. The van der Waals surface area contributed by atoms with Gasteiger partial charge in [-0.25, -0.2) is 19.2 Å². The molecule has 1 unspecified atom stereocenters. The van der Waals surface area contributed by atoms with Crippen LogP contribution in [0.25, 0.3) is 11.0 Å². The van der Waals surface area contributed by atoms with Crippen molar-refractivity contribution in [3.63, 3.8) is 0 Å². The quantitative estimate of drug-likeness (QED) is 0.422. The maximum Gasteiger partial charge on any atom is 0.428 e. The van der Waals surface area contributed by atoms with Gasteiger partial charge in [-0.05, 0) is 37.1 Å². The number of imide groups is 1. The van der Waals surface area contributed by atoms with Crippen LogP contribution in [-0.2, 0) is 16.1 Å². The lowest BCUT2D eigenvalue weighted by molar-refractivity contribution is -0.781. The number of hydrogen-bond acceptors (Lipinski definition) is 6. The number of urea groups is 1. The summed E-state index contributed by atoms with van der Waals surface area (Å²) >= 11 is 0. The third-order valence-electron chi connectivity index (χ3n) is 6.49. The van der Waals surface area contributed by atoms with Crippen molar-refractivity contribution in [3.05, 3.63) is 76.1 Å². The Hall–Kier alpha value is -3.98. The van der Waals surface area contributed by atoms with Crippen LogP contribution in [0.5, 0.6) is 0 Å². The average molecular weight is 479 g/mol. The summed E-state index contributed by atoms with van der Waals surface area (Å²) in [5, 5.41) is 6.04. The van der Waals surface area contributed by atoms with E-state index in [1.807, 2.05) is 37.3 Å². The molecule has 9 nitrogen and oxygen atoms in total. The SMILES string of the molecule is Cc1cc(=O)oc2cc(NC(=O)[N+]3(C(=O)CNC(=O)OCc4ccccc4)CCC[C@H]3C)ccc12. The van der Waals surface area contributed by atoms with Crippen molar-refractivity contribution < 1.29 is 28.0 Å². The topological polar surface area (TPSA) is 115 Å². The van der Waals surface area contributed by atoms with Crippen molar-refractivity contribution in [3.8, 4) is 0 Å². The molecule has 1 fully saturated rings. The van der Waals surface area contributed by atoms with E-state index in [9.17, 15) is 19.2 Å². The number of hydrogen-bond donors (Lipinski definition) is 2. The number of quaternary nitrogens is 1. The Balaban J connectivity index is 1.45. The van der Waals surface area contributed by atoms with Gasteiger partial charge < -0.3 is 14.5 Å². The number of nitrogens with zero attached hydrogens (tertiary/aromatic N) is 1. The number of nitrogens with one attached hydrogen (secondary N) is 2. The molecule has 4 rings (SSSR count). The maximum absolute atomic E-state index is 13.4. The summed E-state index contributed by atoms with van der Waals surface area (Å²) in [5.74, 6) is -0.424. The lowest BCUT2D eigenvalue weighted by Gasteiger charge is -2.32. The van der Waals surface area contributed by atoms with Gasteiger partial charge in [0.1, 0.15) is 24.8 Å². The summed E-state index contributed by atoms with van der Waals surface area (Å²) in [6.07, 6.45) is 0.668. The summed E-state index contributed by atoms with van der Waals surface area (Å²) in [5.41, 5.74) is 1.88. The Kier molecular flexibility index (Phi) is 6.97. The first-order valence-corrected chi connectivity index (χ1v) is 11.5. The molecule has 0 aliphatic carbocycles. The van der Waals surface area contributed by atoms with Crippen molar-refractivity contribution in [2.24, 2.45) is 0 Å². The van der Waals surface area contributed by atoms with Gasteiger partial charge in [-0.3, -0.25) is 5.32 Å². The van der Waals surface area contributed by atoms with E-state index in [2.05, 4.69) is 10.6 Å². The van der Waals surface area contributed by atoms with E-state index < -0.39 is 28.1 Å². The molecular formula is C26H28N3O6+. The number of rotatable bonds is 5. The zero-order chi connectivity index (χ0) is 25.0. The van der Waals surface area contributed by atoms with Gasteiger partial charge in [0.25, 0.3) is 0 Å². The number of amides is 4. The smallest absolute Gasteiger partial charge is 0.428 e. The fourth-order valence-electron chi connectivity index (χ4n) is 4.55. The number of alkyl carbamates (subject to hydrolysis) is 1. The fraction of sp³-hybridized carbons (Fsp3) is 0.308. The van der Waals surface area contributed by atoms with E-state index >= 15 is 0 Å². The van der Waals surface area contributed by atoms with Gasteiger partial charge in [-0.2, -0.15) is 4.48 Å². The summed E-state index contributed by atoms with van der Waals surface area (Å²) in [4.78, 5) is 50.6. The number of carbonyl (C=O) groups excluding carboxylic acids is 3. The highest BCUT2D eigenvalue weighted by Crippen LogP contribution is 2.30. The standard InChI is InChI=1S/C26H27N3O6/c1-17-13-24(31)35-22-14-20(10-11-21(17)22)28-25(32)29(12-6-7-18(29)2)23(30)15-27-26(33)34-16-19-8-4-3-5-9-19/h3-5,8-11,13-14,18H,6-7,12,15-16H2,1-2H3,(H-,27,28,31,32,33)/p+1/t18-,29?/m1/s1. The largest absolute Gasteiger partial charge is 0.445 e. The Morgan fingerprint density at radius 2 is 1.89 bits per heavy atom. The second-order valence-electron chi connectivity index (χ2n) is 8.78. The molecule has 2 aromatic carbocycles. The molecule has 3 aromatic rings. The third kappa shape index (κ3) is 5.09. The Bertz CT molecular complexity index is 1320. The molecule has 0 saturated carbocycles. The highest BCUT2D eigenvalue weighted by molar-refractivity contribution is 5.95. The molecular weight excluding hydrogens is 450 g/mol. The van der Waals surface area contributed by atoms with Crippen LogP contribution in [-0.4, -0.2) is 41.6 Å². The number of anilines is 1. The highest BCUT2D eigenvalue weighted by Gasteiger charge is 2.52. The van der Waals surface area contributed by atoms with Gasteiger partial charge in [0.05, 0.1) is 6.54 Å². The first-order chi connectivity index (χ1) is 16.8. The molecule has 2 N–H and O–H groups in total. The van der Waals surface area contributed by atoms with Crippen molar-refractivity contribution >= 4 is 34.7 Å². The molecule has 0 radical (unpaired) electrons. The summed E-state index contributed by atoms with van der Waals surface area (Å²) in [7, 11) is 0. The number of carbonyl (C=O) groups is 3. The van der Waals surface area contributed by atoms with Crippen LogP contribution in [0.1, 0.15) is 30.9 Å². The first-order valence-electron chi connectivity index (χ1n) is 11.5. The van der Waals surface area contributed by atoms with Gasteiger partial charge in [0, 0.05) is 36.0 Å². The highest BCUT2D eigenvalue weighted by atomic mass is 16.5. The minimum atomic E-state index is -0.729. The van der Waals surface area contributed by atoms with E-state index in [0.717, 1.165) is 16.5 Å². The predicted octanol–water partition coefficient (Wildman–Crippen LogP) is 4.09. The number of likely N-dealkylation sites (tertiary alicyclic amines) is 1. The summed E-state index contributed by atoms with van der Waals surface area (Å²) in [6, 6.07) is 14.9. The van der Waals surface area contributed by atoms with E-state index in [0.29, 0.717) is 30.7 Å². The number of ether oxygens (including phenoxy) is 1. The maximum atomic E-state index is 13.4. The molecule has 4 amide bonds. The van der Waals surface area contributed by atoms with Crippen molar-refractivity contribution in [2.45, 2.75) is 39.3 Å². The third-order valence-corrected chi connectivity index (χ3v) is 6.49. The molecule has 0 spiro atoms. The van der Waals surface area contributed by atoms with Gasteiger partial charge >= 0.3 is 23.7 Å². The Morgan fingerprint density at radius 3 is 2.60 bits per heavy atom. The molecule has 2 atom stereocenters. The molecule has 1 aliphatic rings. The molecule has 2 heterocycles. The van der Waals surface area contributed by atoms with Crippen LogP contribution in [0.2, 0.25) is 0 Å². The Morgan fingerprint density at radius 1 is 1.11 bits per heavy atom. The molecule has 0 bridgehead atoms. The van der Waals surface area contributed by atoms with E-state index in [1.54, 1.807) is 25.1 Å². The lowest BCUT2D eigenvalue weighted by Crippen LogP contribution is -2.63. The minimum Gasteiger partial charge on any atom is -0.445 e. The number of fused-ring (bicyclic) bond motifs is 1. The van der Waals surface area contributed by atoms with Crippen molar-refractivity contribution in [1.82, 2.24) is 5.32 Å². The second-order valence-corrected chi connectivity index (χ2v) is 8.78. The second kappa shape index (κ2) is 10.1. The van der Waals surface area contributed by atoms with Crippen molar-refractivity contribution in [2.75, 3.05) is 18.4 Å². The number of benzene rings is 2. The predicted molar refractivity (Wildman–Crippen MR) is 130 cm³/mol. The van der Waals surface area contributed by atoms with Crippen LogP contribution in [0.3, 0.4) is 0 Å². The molecule has 1 saturated heterocycles. The molecule has 1 aliphatic heterocycles. The monoisotopic (exact) mass is 478 g/mol. The minimum absolute atomic E-state index is 0.0787. The first kappa shape index (κ1) is 24.2. The summed E-state index contributed by atoms with van der Waals surface area (Å²) in [6.45, 7) is 3.72. The fourth-order valence-corrected chi connectivity index (χ4v) is 4.55. The van der Waals surface area contributed by atoms with Crippen LogP contribution < -0.4 is 16.3 Å². The molecule has 182 valence electrons. The molecule has 35 heavy (non-hydrogen) atoms. The van der Waals surface area contributed by atoms with E-state index in [4.69, 9.17) is 9.15 Å². The van der Waals surface area contributed by atoms with Gasteiger partial charge in [-0.1, -0.05) is 30.3 Å². The van der Waals surface area contributed by atoms with Crippen LogP contribution >= 0.6 is 0 Å². The van der Waals surface area contributed by atoms with E-state index in [-0.39, 0.29) is 19.2 Å². The zero-order valence-electron chi connectivity index (χ0n) is 19.7. The van der Waals surface area contributed by atoms with Crippen LogP contribution in [0.4, 0.5) is 15.3 Å². The zero-order valence-corrected chi connectivity index (χ0v) is 19.7. The van der Waals surface area contributed by atoms with Crippen LogP contribution in [0, 0.1) is 6.92 Å². The van der Waals surface area contributed by atoms with Crippen molar-refractivity contribution in [1.29, 1.82) is 0 Å². The normalized spacial score (nSPS) is 19.3. The van der Waals surface area contributed by atoms with Gasteiger partial charge in [0.15, 0.2) is 0 Å². The lowest BCUT2D eigenvalue weighted by atomic mass is 10.1. The molecule has 1 aromatic heterocycles. The van der Waals surface area contributed by atoms with E-state index in [1.165, 1.54) is 6.07 Å². The number of aryl methyl sites for hydroxylation is 1.